The van der Waals surface area contributed by atoms with Crippen LogP contribution in [-0.2, 0) is 25.6 Å². The highest BCUT2D eigenvalue weighted by Crippen LogP contribution is 2.07. The molecule has 0 aliphatic heterocycles. The Hall–Kier alpha value is -1.07. The van der Waals surface area contributed by atoms with Gasteiger partial charge in [0.1, 0.15) is 13.2 Å². The van der Waals surface area contributed by atoms with Crippen LogP contribution in [0.4, 0.5) is 7.77 Å². The van der Waals surface area contributed by atoms with Crippen molar-refractivity contribution in [2.75, 3.05) is 34.3 Å². The third-order valence-electron chi connectivity index (χ3n) is 1.76. The first-order valence-corrected chi connectivity index (χ1v) is 7.59. The van der Waals surface area contributed by atoms with E-state index in [0.717, 1.165) is 0 Å². The predicted molar refractivity (Wildman–Crippen MR) is 64.4 cm³/mol. The fourth-order valence-electron chi connectivity index (χ4n) is 0.932. The van der Waals surface area contributed by atoms with Crippen LogP contribution in [0.1, 0.15) is 0 Å². The van der Waals surface area contributed by atoms with Gasteiger partial charge in [-0.1, -0.05) is 6.58 Å². The highest BCUT2D eigenvalue weighted by molar-refractivity contribution is 7.92. The first kappa shape index (κ1) is 17.9. The molecule has 0 spiro atoms. The van der Waals surface area contributed by atoms with Crippen molar-refractivity contribution in [1.82, 2.24) is 0 Å². The summed E-state index contributed by atoms with van der Waals surface area (Å²) in [5.74, 6) is -1.06. The second-order valence-electron chi connectivity index (χ2n) is 4.49. The van der Waals surface area contributed by atoms with Gasteiger partial charge in [0.05, 0.1) is 24.5 Å². The molecule has 0 fully saturated rings. The fourth-order valence-corrected chi connectivity index (χ4v) is 2.47. The second-order valence-corrected chi connectivity index (χ2v) is 7.10. The molecule has 0 radical (unpaired) electrons. The zero-order valence-electron chi connectivity index (χ0n) is 10.7. The lowest BCUT2D eigenvalue weighted by atomic mass is 10.5. The summed E-state index contributed by atoms with van der Waals surface area (Å²) >= 11 is 0. The summed E-state index contributed by atoms with van der Waals surface area (Å²) < 4.78 is 72.1. The summed E-state index contributed by atoms with van der Waals surface area (Å²) in [7, 11) is -6.38. The van der Waals surface area contributed by atoms with Crippen LogP contribution in [0.15, 0.2) is 12.7 Å². The van der Waals surface area contributed by atoms with Gasteiger partial charge in [-0.3, -0.25) is 0 Å². The Kier molecular flexibility index (Phi) is 5.59. The molecule has 0 aliphatic carbocycles. The Morgan fingerprint density at radius 3 is 1.89 bits per heavy atom. The molecule has 0 unspecified atom stereocenters. The first-order valence-electron chi connectivity index (χ1n) is 4.91. The van der Waals surface area contributed by atoms with Gasteiger partial charge in [0.25, 0.3) is 0 Å². The molecule has 112 valence electrons. The Morgan fingerprint density at radius 1 is 1.21 bits per heavy atom. The van der Waals surface area contributed by atoms with Crippen molar-refractivity contribution in [2.45, 2.75) is 0 Å². The number of likely N-dealkylation sites (N-methyl/N-ethyl adjacent to an activating group) is 1. The second kappa shape index (κ2) is 5.92. The number of hydrogen-bond donors (Lipinski definition) is 0. The largest absolute Gasteiger partial charge is 0.572 e. The fraction of sp³-hybridized carbons (Fsp3) is 0.625. The number of rotatable bonds is 6. The molecule has 0 heterocycles. The van der Waals surface area contributed by atoms with Crippen LogP contribution in [0.25, 0.3) is 0 Å². The van der Waals surface area contributed by atoms with E-state index in [1.165, 1.54) is 0 Å². The maximum Gasteiger partial charge on any atom is 0.572 e. The monoisotopic (exact) mass is 322 g/mol. The van der Waals surface area contributed by atoms with Crippen molar-refractivity contribution in [3.8, 4) is 0 Å². The topological polar surface area (TPSA) is 80.5 Å². The summed E-state index contributed by atoms with van der Waals surface area (Å²) in [6, 6.07) is 0. The maximum absolute atomic E-state index is 12.8. The number of hydrogen-bond acceptors (Lipinski definition) is 5. The Morgan fingerprint density at radius 2 is 1.63 bits per heavy atom. The average molecular weight is 322 g/mol. The molecule has 0 saturated heterocycles. The van der Waals surface area contributed by atoms with Crippen molar-refractivity contribution in [3.05, 3.63) is 12.7 Å². The molecule has 0 bridgehead atoms. The van der Waals surface area contributed by atoms with Gasteiger partial charge in [-0.15, -0.1) is 16.8 Å². The van der Waals surface area contributed by atoms with Crippen molar-refractivity contribution in [3.63, 3.8) is 0 Å². The lowest BCUT2D eigenvalue weighted by Gasteiger charge is -2.23. The van der Waals surface area contributed by atoms with Crippen LogP contribution >= 0.6 is 0 Å². The minimum Gasteiger partial charge on any atom is -0.437 e. The molecular formula is C8H16F2N2O5S2+2. The predicted octanol–water partition coefficient (Wildman–Crippen LogP) is -0.265. The SMILES string of the molecule is C=CC(OCC[N+](C)(C)C)=[N+](S(=O)(=O)F)S(=O)(=O)F. The summed E-state index contributed by atoms with van der Waals surface area (Å²) in [6.07, 6.45) is 0.587. The van der Waals surface area contributed by atoms with Crippen LogP contribution in [0.3, 0.4) is 0 Å². The van der Waals surface area contributed by atoms with E-state index < -0.39 is 30.1 Å². The molecule has 0 atom stereocenters. The van der Waals surface area contributed by atoms with Crippen molar-refractivity contribution in [2.24, 2.45) is 0 Å². The molecule has 7 nitrogen and oxygen atoms in total. The number of ether oxygens (including phenoxy) is 1. The minimum atomic E-state index is -5.87. The van der Waals surface area contributed by atoms with Crippen LogP contribution in [0.2, 0.25) is 0 Å². The Labute approximate surface area is 111 Å². The van der Waals surface area contributed by atoms with Gasteiger partial charge in [-0.05, 0) is 7.77 Å². The van der Waals surface area contributed by atoms with Gasteiger partial charge in [0, 0.05) is 6.08 Å². The van der Waals surface area contributed by atoms with Gasteiger partial charge in [0.2, 0.25) is 0 Å². The van der Waals surface area contributed by atoms with E-state index >= 15 is 0 Å². The average Bonchev–Trinajstić information content (AvgIpc) is 2.09. The number of halogens is 2. The molecule has 0 N–H and O–H groups in total. The zero-order chi connectivity index (χ0) is 15.5. The van der Waals surface area contributed by atoms with E-state index in [-0.39, 0.29) is 6.61 Å². The van der Waals surface area contributed by atoms with E-state index in [0.29, 0.717) is 17.1 Å². The lowest BCUT2D eigenvalue weighted by molar-refractivity contribution is -0.870. The summed E-state index contributed by atoms with van der Waals surface area (Å²) in [4.78, 5) is 0. The van der Waals surface area contributed by atoms with Crippen LogP contribution in [-0.4, -0.2) is 64.9 Å². The standard InChI is InChI=1S/C8H16F2N2O5S2/c1-5-8(17-7-6-12(2,3)4)11(18(9,13)14)19(10,15)16/h5H,1,6-7H2,2-4H3/q+2. The van der Waals surface area contributed by atoms with Crippen molar-refractivity contribution >= 4 is 26.7 Å². The summed E-state index contributed by atoms with van der Waals surface area (Å²) in [5.41, 5.74) is 0. The van der Waals surface area contributed by atoms with Gasteiger partial charge >= 0.3 is 26.7 Å². The molecular weight excluding hydrogens is 306 g/mol. The minimum absolute atomic E-state index is 0.160. The first-order chi connectivity index (χ1) is 8.29. The van der Waals surface area contributed by atoms with Crippen LogP contribution in [0.5, 0.6) is 0 Å². The zero-order valence-corrected chi connectivity index (χ0v) is 12.3. The van der Waals surface area contributed by atoms with Gasteiger partial charge in [-0.2, -0.15) is 0 Å². The molecule has 0 saturated carbocycles. The number of nitrogens with zero attached hydrogens (tertiary/aromatic N) is 2. The molecule has 0 aromatic carbocycles. The molecule has 0 aromatic rings. The molecule has 0 aromatic heterocycles. The van der Waals surface area contributed by atoms with Crippen LogP contribution < -0.4 is 0 Å². The highest BCUT2D eigenvalue weighted by atomic mass is 32.3. The van der Waals surface area contributed by atoms with Gasteiger partial charge in [0.15, 0.2) is 0 Å². The summed E-state index contributed by atoms with van der Waals surface area (Å²) in [6.45, 7) is 3.23. The van der Waals surface area contributed by atoms with E-state index in [2.05, 4.69) is 6.58 Å². The Bertz CT molecular complexity index is 541. The third-order valence-corrected chi connectivity index (χ3v) is 3.98. The quantitative estimate of drug-likeness (QED) is 0.221. The third kappa shape index (κ3) is 6.59. The van der Waals surface area contributed by atoms with Crippen molar-refractivity contribution < 1.29 is 37.2 Å². The summed E-state index contributed by atoms with van der Waals surface area (Å²) in [5, 5.41) is 0. The molecule has 11 heteroatoms. The molecule has 0 amide bonds. The van der Waals surface area contributed by atoms with E-state index in [9.17, 15) is 24.6 Å². The molecule has 0 rings (SSSR count). The smallest absolute Gasteiger partial charge is 0.437 e. The number of quaternary nitrogens is 1. The van der Waals surface area contributed by atoms with E-state index in [1.807, 2.05) is 0 Å². The van der Waals surface area contributed by atoms with Crippen LogP contribution in [0, 0.1) is 0 Å². The normalized spacial score (nSPS) is 12.9. The lowest BCUT2D eigenvalue weighted by Crippen LogP contribution is -2.39. The molecule has 19 heavy (non-hydrogen) atoms. The van der Waals surface area contributed by atoms with Gasteiger partial charge < -0.3 is 9.22 Å². The maximum atomic E-state index is 12.8. The van der Waals surface area contributed by atoms with E-state index in [4.69, 9.17) is 4.74 Å². The van der Waals surface area contributed by atoms with E-state index in [1.54, 1.807) is 21.1 Å². The Balaban J connectivity index is 5.47. The van der Waals surface area contributed by atoms with Crippen molar-refractivity contribution in [1.29, 1.82) is 0 Å². The van der Waals surface area contributed by atoms with Gasteiger partial charge in [-0.25, -0.2) is 0 Å². The molecule has 0 aliphatic rings. The highest BCUT2D eigenvalue weighted by Gasteiger charge is 2.43.